The van der Waals surface area contributed by atoms with Gasteiger partial charge in [0.25, 0.3) is 0 Å². The summed E-state index contributed by atoms with van der Waals surface area (Å²) in [4.78, 5) is 0. The van der Waals surface area contributed by atoms with Crippen LogP contribution in [-0.4, -0.2) is 23.9 Å². The van der Waals surface area contributed by atoms with Crippen LogP contribution < -0.4 is 10.1 Å². The van der Waals surface area contributed by atoms with Gasteiger partial charge in [-0.3, -0.25) is 0 Å². The first-order chi connectivity index (χ1) is 8.74. The predicted octanol–water partition coefficient (Wildman–Crippen LogP) is 2.88. The van der Waals surface area contributed by atoms with Gasteiger partial charge in [0.1, 0.15) is 15.8 Å². The van der Waals surface area contributed by atoms with Crippen LogP contribution >= 0.6 is 11.3 Å². The van der Waals surface area contributed by atoms with Crippen molar-refractivity contribution in [3.05, 3.63) is 29.3 Å². The van der Waals surface area contributed by atoms with Crippen molar-refractivity contribution in [3.63, 3.8) is 0 Å². The smallest absolute Gasteiger partial charge is 0.147 e. The highest BCUT2D eigenvalue weighted by Gasteiger charge is 2.11. The number of aromatic nitrogens is 2. The summed E-state index contributed by atoms with van der Waals surface area (Å²) in [6, 6.07) is 8.18. The van der Waals surface area contributed by atoms with E-state index in [4.69, 9.17) is 4.74 Å². The molecule has 1 N–H and O–H groups in total. The van der Waals surface area contributed by atoms with E-state index in [1.807, 2.05) is 38.2 Å². The van der Waals surface area contributed by atoms with Gasteiger partial charge in [-0.05, 0) is 45.2 Å². The van der Waals surface area contributed by atoms with Crippen LogP contribution in [0.2, 0.25) is 0 Å². The molecule has 96 valence electrons. The van der Waals surface area contributed by atoms with E-state index in [1.54, 1.807) is 11.3 Å². The fraction of sp³-hybridized carbons (Fsp3) is 0.385. The minimum atomic E-state index is 0.235. The lowest BCUT2D eigenvalue weighted by Crippen LogP contribution is -2.11. The third-order valence-electron chi connectivity index (χ3n) is 2.66. The minimum Gasteiger partial charge on any atom is -0.494 e. The molecule has 18 heavy (non-hydrogen) atoms. The van der Waals surface area contributed by atoms with Gasteiger partial charge >= 0.3 is 0 Å². The van der Waals surface area contributed by atoms with Crippen LogP contribution in [0.1, 0.15) is 24.9 Å². The molecule has 0 aliphatic rings. The molecule has 2 aromatic rings. The van der Waals surface area contributed by atoms with Gasteiger partial charge in [0.2, 0.25) is 0 Å². The molecule has 2 rings (SSSR count). The fourth-order valence-corrected chi connectivity index (χ4v) is 2.42. The Morgan fingerprint density at radius 1 is 1.28 bits per heavy atom. The number of hydrogen-bond acceptors (Lipinski definition) is 5. The highest BCUT2D eigenvalue weighted by atomic mass is 32.1. The number of hydrogen-bond donors (Lipinski definition) is 1. The molecule has 1 unspecified atom stereocenters. The lowest BCUT2D eigenvalue weighted by molar-refractivity contribution is 0.340. The Kier molecular flexibility index (Phi) is 4.28. The van der Waals surface area contributed by atoms with E-state index in [1.165, 1.54) is 0 Å². The molecule has 0 saturated carbocycles. The Morgan fingerprint density at radius 3 is 2.61 bits per heavy atom. The first-order valence-electron chi connectivity index (χ1n) is 5.98. The van der Waals surface area contributed by atoms with Crippen molar-refractivity contribution in [2.24, 2.45) is 0 Å². The molecule has 1 aromatic heterocycles. The Balaban J connectivity index is 2.18. The van der Waals surface area contributed by atoms with E-state index in [-0.39, 0.29) is 6.04 Å². The number of nitrogens with one attached hydrogen (secondary N) is 1. The second-order valence-electron chi connectivity index (χ2n) is 3.91. The Bertz CT molecular complexity index is 495. The van der Waals surface area contributed by atoms with E-state index in [9.17, 15) is 0 Å². The molecule has 5 heteroatoms. The van der Waals surface area contributed by atoms with Gasteiger partial charge < -0.3 is 10.1 Å². The van der Waals surface area contributed by atoms with Crippen molar-refractivity contribution in [2.45, 2.75) is 19.9 Å². The molecular formula is C13H17N3OS. The first-order valence-corrected chi connectivity index (χ1v) is 6.80. The first kappa shape index (κ1) is 13.0. The van der Waals surface area contributed by atoms with Crippen molar-refractivity contribution >= 4 is 11.3 Å². The van der Waals surface area contributed by atoms with Crippen LogP contribution in [0.15, 0.2) is 24.3 Å². The minimum absolute atomic E-state index is 0.235. The molecule has 0 amide bonds. The summed E-state index contributed by atoms with van der Waals surface area (Å²) in [6.45, 7) is 4.73. The zero-order chi connectivity index (χ0) is 13.0. The molecule has 0 aliphatic heterocycles. The van der Waals surface area contributed by atoms with Crippen LogP contribution in [0.5, 0.6) is 5.75 Å². The van der Waals surface area contributed by atoms with E-state index >= 15 is 0 Å². The van der Waals surface area contributed by atoms with Crippen LogP contribution in [0.4, 0.5) is 0 Å². The molecule has 0 fully saturated rings. The van der Waals surface area contributed by atoms with Gasteiger partial charge in [-0.15, -0.1) is 10.2 Å². The molecule has 0 radical (unpaired) electrons. The molecule has 0 spiro atoms. The molecule has 0 aliphatic carbocycles. The van der Waals surface area contributed by atoms with Crippen molar-refractivity contribution < 1.29 is 4.74 Å². The predicted molar refractivity (Wildman–Crippen MR) is 74.0 cm³/mol. The average molecular weight is 263 g/mol. The molecule has 0 saturated heterocycles. The summed E-state index contributed by atoms with van der Waals surface area (Å²) in [5.41, 5.74) is 1.07. The summed E-state index contributed by atoms with van der Waals surface area (Å²) < 4.78 is 5.41. The van der Waals surface area contributed by atoms with Gasteiger partial charge in [-0.1, -0.05) is 11.3 Å². The Labute approximate surface area is 111 Å². The quantitative estimate of drug-likeness (QED) is 0.901. The standard InChI is InChI=1S/C13H17N3OS/c1-4-17-11-7-5-10(6-8-11)13-16-15-12(18-13)9(2)14-3/h5-9,14H,4H2,1-3H3. The van der Waals surface area contributed by atoms with E-state index in [2.05, 4.69) is 22.4 Å². The highest BCUT2D eigenvalue weighted by molar-refractivity contribution is 7.14. The van der Waals surface area contributed by atoms with E-state index in [0.29, 0.717) is 6.61 Å². The molecule has 1 atom stereocenters. The van der Waals surface area contributed by atoms with Crippen molar-refractivity contribution in [1.29, 1.82) is 0 Å². The van der Waals surface area contributed by atoms with Crippen LogP contribution in [0, 0.1) is 0 Å². The maximum absolute atomic E-state index is 5.41. The Hall–Kier alpha value is -1.46. The zero-order valence-corrected chi connectivity index (χ0v) is 11.6. The summed E-state index contributed by atoms with van der Waals surface area (Å²) in [5, 5.41) is 13.5. The molecule has 4 nitrogen and oxygen atoms in total. The SMILES string of the molecule is CCOc1ccc(-c2nnc(C(C)NC)s2)cc1. The number of ether oxygens (including phenoxy) is 1. The zero-order valence-electron chi connectivity index (χ0n) is 10.8. The van der Waals surface area contributed by atoms with Gasteiger partial charge in [0, 0.05) is 5.56 Å². The maximum atomic E-state index is 5.41. The van der Waals surface area contributed by atoms with Crippen LogP contribution in [0.3, 0.4) is 0 Å². The van der Waals surface area contributed by atoms with Crippen molar-refractivity contribution in [1.82, 2.24) is 15.5 Å². The number of nitrogens with zero attached hydrogens (tertiary/aromatic N) is 2. The average Bonchev–Trinajstić information content (AvgIpc) is 2.89. The Morgan fingerprint density at radius 2 is 2.00 bits per heavy atom. The summed E-state index contributed by atoms with van der Waals surface area (Å²) in [6.07, 6.45) is 0. The van der Waals surface area contributed by atoms with Crippen molar-refractivity contribution in [2.75, 3.05) is 13.7 Å². The molecule has 1 aromatic carbocycles. The largest absolute Gasteiger partial charge is 0.494 e. The summed E-state index contributed by atoms with van der Waals surface area (Å²) >= 11 is 1.61. The lowest BCUT2D eigenvalue weighted by atomic mass is 10.2. The van der Waals surface area contributed by atoms with E-state index < -0.39 is 0 Å². The van der Waals surface area contributed by atoms with Crippen LogP contribution in [-0.2, 0) is 0 Å². The summed E-state index contributed by atoms with van der Waals surface area (Å²) in [5.74, 6) is 0.884. The lowest BCUT2D eigenvalue weighted by Gasteiger charge is -2.03. The third-order valence-corrected chi connectivity index (χ3v) is 3.81. The maximum Gasteiger partial charge on any atom is 0.147 e. The number of rotatable bonds is 5. The molecule has 1 heterocycles. The number of benzene rings is 1. The third kappa shape index (κ3) is 2.86. The monoisotopic (exact) mass is 263 g/mol. The molecular weight excluding hydrogens is 246 g/mol. The van der Waals surface area contributed by atoms with Gasteiger partial charge in [-0.25, -0.2) is 0 Å². The topological polar surface area (TPSA) is 47.0 Å². The normalized spacial score (nSPS) is 12.4. The fourth-order valence-electron chi connectivity index (χ4n) is 1.51. The summed E-state index contributed by atoms with van der Waals surface area (Å²) in [7, 11) is 1.92. The van der Waals surface area contributed by atoms with Gasteiger partial charge in [0.15, 0.2) is 0 Å². The highest BCUT2D eigenvalue weighted by Crippen LogP contribution is 2.27. The second kappa shape index (κ2) is 5.93. The molecule has 0 bridgehead atoms. The van der Waals surface area contributed by atoms with Crippen molar-refractivity contribution in [3.8, 4) is 16.3 Å². The van der Waals surface area contributed by atoms with Crippen LogP contribution in [0.25, 0.3) is 10.6 Å². The van der Waals surface area contributed by atoms with Gasteiger partial charge in [0.05, 0.1) is 12.6 Å². The van der Waals surface area contributed by atoms with Gasteiger partial charge in [-0.2, -0.15) is 0 Å². The van der Waals surface area contributed by atoms with E-state index in [0.717, 1.165) is 21.3 Å². The second-order valence-corrected chi connectivity index (χ2v) is 4.92.